The lowest BCUT2D eigenvalue weighted by Crippen LogP contribution is -2.29. The van der Waals surface area contributed by atoms with Gasteiger partial charge >= 0.3 is 0 Å². The molecule has 106 valence electrons. The minimum Gasteiger partial charge on any atom is -0.352 e. The molecule has 0 bridgehead atoms. The molecule has 0 aliphatic rings. The van der Waals surface area contributed by atoms with Crippen molar-refractivity contribution >= 4 is 5.91 Å². The van der Waals surface area contributed by atoms with Crippen LogP contribution in [-0.2, 0) is 0 Å². The Morgan fingerprint density at radius 2 is 2.15 bits per heavy atom. The molecule has 0 aliphatic heterocycles. The third-order valence-electron chi connectivity index (χ3n) is 3.37. The average Bonchev–Trinajstić information content (AvgIpc) is 3.02. The molecular formula is C14H19N5O. The van der Waals surface area contributed by atoms with E-state index in [4.69, 9.17) is 0 Å². The topological polar surface area (TPSA) is 72.7 Å². The molecule has 0 spiro atoms. The molecule has 2 rings (SSSR count). The van der Waals surface area contributed by atoms with Gasteiger partial charge in [0.1, 0.15) is 12.7 Å². The van der Waals surface area contributed by atoms with E-state index in [2.05, 4.69) is 34.2 Å². The van der Waals surface area contributed by atoms with E-state index in [0.29, 0.717) is 23.8 Å². The van der Waals surface area contributed by atoms with E-state index >= 15 is 0 Å². The van der Waals surface area contributed by atoms with E-state index in [0.717, 1.165) is 12.8 Å². The van der Waals surface area contributed by atoms with Crippen molar-refractivity contribution < 1.29 is 4.79 Å². The fourth-order valence-corrected chi connectivity index (χ4v) is 1.90. The zero-order valence-corrected chi connectivity index (χ0v) is 11.8. The summed E-state index contributed by atoms with van der Waals surface area (Å²) in [4.78, 5) is 20.1. The molecule has 20 heavy (non-hydrogen) atoms. The average molecular weight is 273 g/mol. The Kier molecular flexibility index (Phi) is 4.81. The minimum atomic E-state index is -0.0884. The van der Waals surface area contributed by atoms with Crippen molar-refractivity contribution in [2.24, 2.45) is 5.92 Å². The van der Waals surface area contributed by atoms with E-state index in [9.17, 15) is 4.79 Å². The Hall–Kier alpha value is -2.24. The van der Waals surface area contributed by atoms with Crippen molar-refractivity contribution in [2.75, 3.05) is 6.54 Å². The summed E-state index contributed by atoms with van der Waals surface area (Å²) >= 11 is 0. The Labute approximate surface area is 118 Å². The summed E-state index contributed by atoms with van der Waals surface area (Å²) in [5.41, 5.74) is 0.555. The second kappa shape index (κ2) is 6.79. The van der Waals surface area contributed by atoms with Gasteiger partial charge in [0.15, 0.2) is 5.82 Å². The summed E-state index contributed by atoms with van der Waals surface area (Å²) in [6.07, 6.45) is 6.70. The van der Waals surface area contributed by atoms with Crippen LogP contribution in [0.25, 0.3) is 5.82 Å². The standard InChI is InChI=1S/C14H19N5O/c1-3-11(4-2)7-17-14(20)12-5-6-13(16-8-12)19-10-15-9-18-19/h5-6,8-11H,3-4,7H2,1-2H3,(H,17,20). The normalized spacial score (nSPS) is 10.8. The first-order chi connectivity index (χ1) is 9.74. The van der Waals surface area contributed by atoms with E-state index in [1.165, 1.54) is 6.33 Å². The molecule has 2 heterocycles. The summed E-state index contributed by atoms with van der Waals surface area (Å²) in [5, 5.41) is 6.93. The van der Waals surface area contributed by atoms with Crippen LogP contribution in [0.3, 0.4) is 0 Å². The van der Waals surface area contributed by atoms with Crippen molar-refractivity contribution in [2.45, 2.75) is 26.7 Å². The van der Waals surface area contributed by atoms with Crippen molar-refractivity contribution in [1.82, 2.24) is 25.1 Å². The molecule has 0 saturated carbocycles. The first-order valence-corrected chi connectivity index (χ1v) is 6.83. The van der Waals surface area contributed by atoms with Crippen LogP contribution in [0.4, 0.5) is 0 Å². The Bertz CT molecular complexity index is 531. The number of aromatic nitrogens is 4. The van der Waals surface area contributed by atoms with Crippen LogP contribution < -0.4 is 5.32 Å². The van der Waals surface area contributed by atoms with E-state index < -0.39 is 0 Å². The van der Waals surface area contributed by atoms with Gasteiger partial charge in [-0.25, -0.2) is 14.6 Å². The van der Waals surface area contributed by atoms with Crippen molar-refractivity contribution in [3.8, 4) is 5.82 Å². The molecule has 6 nitrogen and oxygen atoms in total. The summed E-state index contributed by atoms with van der Waals surface area (Å²) in [5.74, 6) is 1.08. The van der Waals surface area contributed by atoms with Gasteiger partial charge in [-0.2, -0.15) is 5.10 Å². The monoisotopic (exact) mass is 273 g/mol. The minimum absolute atomic E-state index is 0.0884. The first kappa shape index (κ1) is 14.2. The largest absolute Gasteiger partial charge is 0.352 e. The summed E-state index contributed by atoms with van der Waals surface area (Å²) in [7, 11) is 0. The number of rotatable bonds is 6. The lowest BCUT2D eigenvalue weighted by molar-refractivity contribution is 0.0946. The van der Waals surface area contributed by atoms with E-state index in [1.807, 2.05) is 0 Å². The van der Waals surface area contributed by atoms with Crippen molar-refractivity contribution in [3.63, 3.8) is 0 Å². The maximum absolute atomic E-state index is 12.0. The number of amides is 1. The summed E-state index contributed by atoms with van der Waals surface area (Å²) in [6.45, 7) is 4.97. The number of carbonyl (C=O) groups is 1. The fraction of sp³-hybridized carbons (Fsp3) is 0.429. The quantitative estimate of drug-likeness (QED) is 0.871. The highest BCUT2D eigenvalue weighted by Crippen LogP contribution is 2.07. The molecule has 0 aliphatic carbocycles. The molecule has 0 radical (unpaired) electrons. The third kappa shape index (κ3) is 3.40. The molecule has 0 atom stereocenters. The second-order valence-electron chi connectivity index (χ2n) is 4.64. The van der Waals surface area contributed by atoms with Crippen LogP contribution in [0.15, 0.2) is 31.0 Å². The zero-order chi connectivity index (χ0) is 14.4. The zero-order valence-electron chi connectivity index (χ0n) is 11.8. The SMILES string of the molecule is CCC(CC)CNC(=O)c1ccc(-n2cncn2)nc1. The molecule has 0 saturated heterocycles. The van der Waals surface area contributed by atoms with E-state index in [-0.39, 0.29) is 5.91 Å². The predicted molar refractivity (Wildman–Crippen MR) is 75.6 cm³/mol. The highest BCUT2D eigenvalue weighted by atomic mass is 16.1. The number of carbonyl (C=O) groups excluding carboxylic acids is 1. The highest BCUT2D eigenvalue weighted by molar-refractivity contribution is 5.93. The van der Waals surface area contributed by atoms with Crippen molar-refractivity contribution in [3.05, 3.63) is 36.5 Å². The van der Waals surface area contributed by atoms with E-state index in [1.54, 1.807) is 29.3 Å². The lowest BCUT2D eigenvalue weighted by atomic mass is 10.0. The third-order valence-corrected chi connectivity index (χ3v) is 3.37. The van der Waals surface area contributed by atoms with Crippen LogP contribution in [0.5, 0.6) is 0 Å². The van der Waals surface area contributed by atoms with Crippen LogP contribution in [-0.4, -0.2) is 32.2 Å². The van der Waals surface area contributed by atoms with Gasteiger partial charge in [0.25, 0.3) is 5.91 Å². The molecule has 2 aromatic rings. The number of nitrogens with one attached hydrogen (secondary N) is 1. The summed E-state index contributed by atoms with van der Waals surface area (Å²) in [6, 6.07) is 3.49. The lowest BCUT2D eigenvalue weighted by Gasteiger charge is -2.13. The maximum atomic E-state index is 12.0. The van der Waals surface area contributed by atoms with Crippen LogP contribution in [0, 0.1) is 5.92 Å². The van der Waals surface area contributed by atoms with Gasteiger partial charge in [0.05, 0.1) is 5.56 Å². The molecule has 0 aromatic carbocycles. The first-order valence-electron chi connectivity index (χ1n) is 6.83. The molecule has 6 heteroatoms. The number of pyridine rings is 1. The Morgan fingerprint density at radius 3 is 2.70 bits per heavy atom. The predicted octanol–water partition coefficient (Wildman–Crippen LogP) is 1.83. The fourth-order valence-electron chi connectivity index (χ4n) is 1.90. The van der Waals surface area contributed by atoms with Gasteiger partial charge in [0, 0.05) is 12.7 Å². The van der Waals surface area contributed by atoms with Gasteiger partial charge in [-0.15, -0.1) is 0 Å². The molecule has 0 fully saturated rings. The number of hydrogen-bond donors (Lipinski definition) is 1. The van der Waals surface area contributed by atoms with Gasteiger partial charge in [0.2, 0.25) is 0 Å². The highest BCUT2D eigenvalue weighted by Gasteiger charge is 2.09. The smallest absolute Gasteiger partial charge is 0.252 e. The molecule has 1 N–H and O–H groups in total. The number of nitrogens with zero attached hydrogens (tertiary/aromatic N) is 4. The summed E-state index contributed by atoms with van der Waals surface area (Å²) < 4.78 is 1.55. The van der Waals surface area contributed by atoms with Crippen molar-refractivity contribution in [1.29, 1.82) is 0 Å². The Balaban J connectivity index is 1.97. The molecule has 0 unspecified atom stereocenters. The van der Waals surface area contributed by atoms with Gasteiger partial charge in [-0.3, -0.25) is 4.79 Å². The molecule has 1 amide bonds. The van der Waals surface area contributed by atoms with Gasteiger partial charge in [-0.05, 0) is 18.1 Å². The Morgan fingerprint density at radius 1 is 1.35 bits per heavy atom. The molecule has 2 aromatic heterocycles. The maximum Gasteiger partial charge on any atom is 0.252 e. The van der Waals surface area contributed by atoms with Crippen LogP contribution in [0.2, 0.25) is 0 Å². The van der Waals surface area contributed by atoms with Gasteiger partial charge < -0.3 is 5.32 Å². The molecular weight excluding hydrogens is 254 g/mol. The second-order valence-corrected chi connectivity index (χ2v) is 4.64. The van der Waals surface area contributed by atoms with Crippen LogP contribution in [0.1, 0.15) is 37.0 Å². The van der Waals surface area contributed by atoms with Crippen LogP contribution >= 0.6 is 0 Å². The van der Waals surface area contributed by atoms with Gasteiger partial charge in [-0.1, -0.05) is 26.7 Å². The number of hydrogen-bond acceptors (Lipinski definition) is 4.